The van der Waals surface area contributed by atoms with Gasteiger partial charge in [-0.25, -0.2) is 0 Å². The molecule has 0 atom stereocenters. The number of nitriles is 1. The van der Waals surface area contributed by atoms with Crippen molar-refractivity contribution in [2.24, 2.45) is 0 Å². The minimum atomic E-state index is -3.80. The molecule has 130 valence electrons. The number of hydrogen-bond donors (Lipinski definition) is 1. The van der Waals surface area contributed by atoms with E-state index >= 15 is 0 Å². The number of rotatable bonds is 6. The van der Waals surface area contributed by atoms with Crippen LogP contribution in [0, 0.1) is 11.3 Å². The SMILES string of the molecule is CCCOCC(=O)c1[nH]cc(C#N)c1-c1cccc2c1OC(F)(F)O2. The minimum absolute atomic E-state index is 0.0971. The van der Waals surface area contributed by atoms with Crippen LogP contribution in [0.25, 0.3) is 11.1 Å². The van der Waals surface area contributed by atoms with Crippen LogP contribution >= 0.6 is 0 Å². The number of ether oxygens (including phenoxy) is 3. The molecule has 0 saturated carbocycles. The van der Waals surface area contributed by atoms with Gasteiger partial charge in [0.2, 0.25) is 5.78 Å². The molecule has 0 amide bonds. The predicted octanol–water partition coefficient (Wildman–Crippen LogP) is 3.48. The number of ketones is 1. The van der Waals surface area contributed by atoms with E-state index < -0.39 is 12.1 Å². The first-order valence-electron chi connectivity index (χ1n) is 7.58. The number of aromatic amines is 1. The summed E-state index contributed by atoms with van der Waals surface area (Å²) in [5.41, 5.74) is 0.586. The maximum Gasteiger partial charge on any atom is 0.586 e. The average Bonchev–Trinajstić information content (AvgIpc) is 3.13. The maximum atomic E-state index is 13.4. The molecule has 8 heteroatoms. The fraction of sp³-hybridized carbons (Fsp3) is 0.294. The summed E-state index contributed by atoms with van der Waals surface area (Å²) in [6.45, 7) is 2.13. The lowest BCUT2D eigenvalue weighted by molar-refractivity contribution is -0.286. The van der Waals surface area contributed by atoms with E-state index in [0.29, 0.717) is 6.61 Å². The van der Waals surface area contributed by atoms with Crippen LogP contribution in [0.1, 0.15) is 29.4 Å². The van der Waals surface area contributed by atoms with Gasteiger partial charge in [-0.05, 0) is 12.5 Å². The van der Waals surface area contributed by atoms with Crippen LogP contribution in [-0.2, 0) is 4.74 Å². The number of fused-ring (bicyclic) bond motifs is 1. The summed E-state index contributed by atoms with van der Waals surface area (Å²) in [5.74, 6) is -0.770. The number of benzene rings is 1. The van der Waals surface area contributed by atoms with Crippen LogP contribution in [0.15, 0.2) is 24.4 Å². The summed E-state index contributed by atoms with van der Waals surface area (Å²) in [6, 6.07) is 6.23. The van der Waals surface area contributed by atoms with Crippen LogP contribution in [0.5, 0.6) is 11.5 Å². The van der Waals surface area contributed by atoms with E-state index in [4.69, 9.17) is 4.74 Å². The number of Topliss-reactive ketones (excluding diaryl/α,β-unsaturated/α-hetero) is 1. The molecule has 0 bridgehead atoms. The molecule has 0 unspecified atom stereocenters. The molecule has 25 heavy (non-hydrogen) atoms. The number of alkyl halides is 2. The number of aromatic nitrogens is 1. The van der Waals surface area contributed by atoms with E-state index in [1.165, 1.54) is 24.4 Å². The fourth-order valence-electron chi connectivity index (χ4n) is 2.56. The van der Waals surface area contributed by atoms with E-state index in [1.807, 2.05) is 13.0 Å². The Labute approximate surface area is 141 Å². The quantitative estimate of drug-likeness (QED) is 0.638. The largest absolute Gasteiger partial charge is 0.586 e. The van der Waals surface area contributed by atoms with Gasteiger partial charge in [-0.15, -0.1) is 8.78 Å². The van der Waals surface area contributed by atoms with Gasteiger partial charge < -0.3 is 19.2 Å². The Morgan fingerprint density at radius 1 is 1.40 bits per heavy atom. The lowest BCUT2D eigenvalue weighted by atomic mass is 9.99. The van der Waals surface area contributed by atoms with E-state index in [2.05, 4.69) is 14.5 Å². The third kappa shape index (κ3) is 3.19. The Balaban J connectivity index is 2.05. The van der Waals surface area contributed by atoms with Crippen molar-refractivity contribution >= 4 is 5.78 Å². The molecule has 1 aromatic carbocycles. The lowest BCUT2D eigenvalue weighted by Crippen LogP contribution is -2.26. The predicted molar refractivity (Wildman–Crippen MR) is 82.6 cm³/mol. The second-order valence-corrected chi connectivity index (χ2v) is 5.34. The van der Waals surface area contributed by atoms with Crippen molar-refractivity contribution in [3.8, 4) is 28.7 Å². The van der Waals surface area contributed by atoms with Gasteiger partial charge in [-0.1, -0.05) is 19.1 Å². The summed E-state index contributed by atoms with van der Waals surface area (Å²) in [4.78, 5) is 15.1. The highest BCUT2D eigenvalue weighted by Crippen LogP contribution is 2.48. The Bertz CT molecular complexity index is 855. The highest BCUT2D eigenvalue weighted by Gasteiger charge is 2.45. The van der Waals surface area contributed by atoms with Crippen LogP contribution < -0.4 is 9.47 Å². The number of nitrogens with zero attached hydrogens (tertiary/aromatic N) is 1. The molecule has 0 radical (unpaired) electrons. The van der Waals surface area contributed by atoms with Crippen molar-refractivity contribution in [2.45, 2.75) is 19.6 Å². The van der Waals surface area contributed by atoms with Crippen LogP contribution in [0.2, 0.25) is 0 Å². The lowest BCUT2D eigenvalue weighted by Gasteiger charge is -2.09. The number of nitrogens with one attached hydrogen (secondary N) is 1. The molecule has 0 fully saturated rings. The van der Waals surface area contributed by atoms with Gasteiger partial charge in [0.25, 0.3) is 0 Å². The van der Waals surface area contributed by atoms with Crippen molar-refractivity contribution in [1.82, 2.24) is 4.98 Å². The summed E-state index contributed by atoms with van der Waals surface area (Å²) >= 11 is 0. The number of hydrogen-bond acceptors (Lipinski definition) is 5. The zero-order chi connectivity index (χ0) is 18.0. The van der Waals surface area contributed by atoms with Crippen molar-refractivity contribution in [3.05, 3.63) is 35.7 Å². The van der Waals surface area contributed by atoms with Crippen molar-refractivity contribution in [1.29, 1.82) is 5.26 Å². The zero-order valence-corrected chi connectivity index (χ0v) is 13.3. The van der Waals surface area contributed by atoms with Gasteiger partial charge >= 0.3 is 6.29 Å². The van der Waals surface area contributed by atoms with Crippen LogP contribution in [0.4, 0.5) is 8.78 Å². The number of H-pyrrole nitrogens is 1. The third-order valence-corrected chi connectivity index (χ3v) is 3.56. The molecule has 2 heterocycles. The van der Waals surface area contributed by atoms with Crippen molar-refractivity contribution in [3.63, 3.8) is 0 Å². The Hall–Kier alpha value is -2.92. The molecule has 0 aliphatic carbocycles. The number of carbonyl (C=O) groups is 1. The van der Waals surface area contributed by atoms with Gasteiger partial charge in [0, 0.05) is 23.9 Å². The Morgan fingerprint density at radius 3 is 2.92 bits per heavy atom. The Kier molecular flexibility index (Phi) is 4.42. The van der Waals surface area contributed by atoms with E-state index in [1.54, 1.807) is 0 Å². The first-order valence-corrected chi connectivity index (χ1v) is 7.58. The normalized spacial score (nSPS) is 14.3. The molecule has 1 aliphatic rings. The van der Waals surface area contributed by atoms with Crippen LogP contribution in [-0.4, -0.2) is 30.3 Å². The molecular formula is C17H14F2N2O4. The molecule has 0 spiro atoms. The topological polar surface area (TPSA) is 84.3 Å². The van der Waals surface area contributed by atoms with E-state index in [0.717, 1.165) is 6.42 Å². The molecule has 6 nitrogen and oxygen atoms in total. The first kappa shape index (κ1) is 16.9. The fourth-order valence-corrected chi connectivity index (χ4v) is 2.56. The highest BCUT2D eigenvalue weighted by atomic mass is 19.3. The van der Waals surface area contributed by atoms with Gasteiger partial charge in [-0.3, -0.25) is 4.79 Å². The number of carbonyl (C=O) groups excluding carboxylic acids is 1. The third-order valence-electron chi connectivity index (χ3n) is 3.56. The molecular weight excluding hydrogens is 334 g/mol. The van der Waals surface area contributed by atoms with Crippen LogP contribution in [0.3, 0.4) is 0 Å². The molecule has 0 saturated heterocycles. The van der Waals surface area contributed by atoms with Crippen molar-refractivity contribution in [2.75, 3.05) is 13.2 Å². The highest BCUT2D eigenvalue weighted by molar-refractivity contribution is 6.03. The van der Waals surface area contributed by atoms with Gasteiger partial charge in [0.05, 0.1) is 11.3 Å². The molecule has 1 N–H and O–H groups in total. The molecule has 1 aromatic heterocycles. The van der Waals surface area contributed by atoms with Gasteiger partial charge in [0.1, 0.15) is 12.7 Å². The summed E-state index contributed by atoms with van der Waals surface area (Å²) in [6.07, 6.45) is -1.70. The standard InChI is InChI=1S/C17H14F2N2O4/c1-2-6-23-9-12(22)15-14(10(7-20)8-21-15)11-4-3-5-13-16(11)25-17(18,19)24-13/h3-5,8,21H,2,6,9H2,1H3. The number of halogens is 2. The van der Waals surface area contributed by atoms with Gasteiger partial charge in [0.15, 0.2) is 11.5 Å². The molecule has 2 aromatic rings. The second-order valence-electron chi connectivity index (χ2n) is 5.34. The van der Waals surface area contributed by atoms with E-state index in [-0.39, 0.29) is 40.5 Å². The molecule has 1 aliphatic heterocycles. The van der Waals surface area contributed by atoms with E-state index in [9.17, 15) is 18.8 Å². The monoisotopic (exact) mass is 348 g/mol. The average molecular weight is 348 g/mol. The van der Waals surface area contributed by atoms with Gasteiger partial charge in [-0.2, -0.15) is 5.26 Å². The summed E-state index contributed by atoms with van der Waals surface area (Å²) in [7, 11) is 0. The maximum absolute atomic E-state index is 13.4. The Morgan fingerprint density at radius 2 is 2.20 bits per heavy atom. The smallest absolute Gasteiger partial charge is 0.395 e. The summed E-state index contributed by atoms with van der Waals surface area (Å²) < 4.78 is 41.0. The zero-order valence-electron chi connectivity index (χ0n) is 13.3. The number of para-hydroxylation sites is 1. The second kappa shape index (κ2) is 6.53. The minimum Gasteiger partial charge on any atom is -0.395 e. The first-order chi connectivity index (χ1) is 12.0. The molecule has 3 rings (SSSR count). The summed E-state index contributed by atoms with van der Waals surface area (Å²) in [5, 5.41) is 9.31. The van der Waals surface area contributed by atoms with Crippen molar-refractivity contribution < 1.29 is 27.8 Å².